The van der Waals surface area contributed by atoms with Gasteiger partial charge in [-0.25, -0.2) is 0 Å². The normalized spacial score (nSPS) is 12.0. The monoisotopic (exact) mass is 1190 g/mol. The van der Waals surface area contributed by atoms with Crippen LogP contribution in [-0.2, 0) is 10.8 Å². The van der Waals surface area contributed by atoms with Crippen LogP contribution in [0.3, 0.4) is 0 Å². The Balaban J connectivity index is 0.000000148. The van der Waals surface area contributed by atoms with Crippen LogP contribution in [0.2, 0.25) is 0 Å². The van der Waals surface area contributed by atoms with Gasteiger partial charge in [0.25, 0.3) is 0 Å². The van der Waals surface area contributed by atoms with Gasteiger partial charge >= 0.3 is 0 Å². The van der Waals surface area contributed by atoms with E-state index in [1.165, 1.54) is 170 Å². The van der Waals surface area contributed by atoms with Crippen molar-refractivity contribution in [2.45, 2.75) is 59.3 Å². The number of aryl methyl sites for hydroxylation is 1. The highest BCUT2D eigenvalue weighted by atomic mass is 15.0. The topological polar surface area (TPSA) is 9.86 Å². The highest BCUT2D eigenvalue weighted by Gasteiger charge is 2.23. The molecule has 2 heterocycles. The quantitative estimate of drug-likeness (QED) is 0.141. The van der Waals surface area contributed by atoms with E-state index < -0.39 is 0 Å². The minimum Gasteiger partial charge on any atom is -0.309 e. The van der Waals surface area contributed by atoms with Crippen molar-refractivity contribution < 1.29 is 0 Å². The van der Waals surface area contributed by atoms with E-state index in [1.807, 2.05) is 0 Å². The van der Waals surface area contributed by atoms with Gasteiger partial charge in [-0.3, -0.25) is 0 Å². The summed E-state index contributed by atoms with van der Waals surface area (Å²) < 4.78 is 4.78. The van der Waals surface area contributed by atoms with Crippen LogP contribution in [0.15, 0.2) is 309 Å². The second-order valence-corrected chi connectivity index (χ2v) is 27.3. The van der Waals surface area contributed by atoms with E-state index in [0.29, 0.717) is 0 Å². The molecular formula is C91H72N2. The number of aromatic nitrogens is 2. The van der Waals surface area contributed by atoms with Crippen molar-refractivity contribution in [1.82, 2.24) is 9.13 Å². The molecule has 0 spiro atoms. The third-order valence-corrected chi connectivity index (χ3v) is 19.4. The van der Waals surface area contributed by atoms with Gasteiger partial charge in [0.2, 0.25) is 0 Å². The number of rotatable bonds is 7. The van der Waals surface area contributed by atoms with Crippen molar-refractivity contribution in [1.29, 1.82) is 0 Å². The Morgan fingerprint density at radius 1 is 0.204 bits per heavy atom. The highest BCUT2D eigenvalue weighted by molar-refractivity contribution is 6.23. The maximum absolute atomic E-state index is 2.44. The molecule has 93 heavy (non-hydrogen) atoms. The first-order valence-corrected chi connectivity index (χ1v) is 32.7. The zero-order valence-corrected chi connectivity index (χ0v) is 53.8. The standard InChI is InChI=1S/C48H37N.C43H35N/c1-48(2,3)36-27-30-42-43(31-36)47(34-23-21-33(22-24-34)32-13-5-4-6-14-32)41-18-8-7-17-40(41)46(42)35-25-28-37(29-26-35)49-44-19-11-9-15-38(44)39-16-10-12-20-45(39)49;1-28-17-26-37-38(27-28)42(29-18-22-31(23-19-29)43(2,3)4)36-14-6-5-13-35(36)41(37)30-20-24-32(25-21-30)44-39-15-9-7-11-33(39)34-12-8-10-16-40(34)44/h4-31H,1-3H3;5-27H,1-4H3. The molecule has 0 saturated carbocycles. The molecule has 0 amide bonds. The maximum Gasteiger partial charge on any atom is 0.0541 e. The average Bonchev–Trinajstić information content (AvgIpc) is 1.59. The summed E-state index contributed by atoms with van der Waals surface area (Å²) in [5.41, 5.74) is 24.0. The van der Waals surface area contributed by atoms with Crippen molar-refractivity contribution in [3.05, 3.63) is 326 Å². The van der Waals surface area contributed by atoms with Gasteiger partial charge in [-0.2, -0.15) is 0 Å². The van der Waals surface area contributed by atoms with E-state index in [2.05, 4.69) is 367 Å². The van der Waals surface area contributed by atoms with E-state index in [1.54, 1.807) is 0 Å². The predicted octanol–water partition coefficient (Wildman–Crippen LogP) is 25.4. The summed E-state index contributed by atoms with van der Waals surface area (Å²) in [4.78, 5) is 0. The van der Waals surface area contributed by atoms with Crippen LogP contribution >= 0.6 is 0 Å². The van der Waals surface area contributed by atoms with Gasteiger partial charge in [0, 0.05) is 32.9 Å². The lowest BCUT2D eigenvalue weighted by atomic mass is 9.81. The Morgan fingerprint density at radius 3 is 0.860 bits per heavy atom. The van der Waals surface area contributed by atoms with Crippen LogP contribution in [0.25, 0.3) is 154 Å². The van der Waals surface area contributed by atoms with Crippen LogP contribution < -0.4 is 0 Å². The fourth-order valence-electron chi connectivity index (χ4n) is 14.7. The highest BCUT2D eigenvalue weighted by Crippen LogP contribution is 2.48. The molecule has 0 aliphatic heterocycles. The fourth-order valence-corrected chi connectivity index (χ4v) is 14.7. The zero-order valence-electron chi connectivity index (χ0n) is 53.8. The summed E-state index contributed by atoms with van der Waals surface area (Å²) in [6, 6.07) is 114. The lowest BCUT2D eigenvalue weighted by Crippen LogP contribution is -2.10. The Hall–Kier alpha value is -11.1. The third-order valence-electron chi connectivity index (χ3n) is 19.4. The summed E-state index contributed by atoms with van der Waals surface area (Å²) in [7, 11) is 0. The molecule has 0 fully saturated rings. The smallest absolute Gasteiger partial charge is 0.0541 e. The number of nitrogens with zero attached hydrogens (tertiary/aromatic N) is 2. The van der Waals surface area contributed by atoms with Crippen LogP contribution in [0.1, 0.15) is 58.2 Å². The Morgan fingerprint density at radius 2 is 0.473 bits per heavy atom. The van der Waals surface area contributed by atoms with Crippen molar-refractivity contribution in [3.8, 4) is 67.0 Å². The van der Waals surface area contributed by atoms with Crippen LogP contribution in [0, 0.1) is 6.92 Å². The summed E-state index contributed by atoms with van der Waals surface area (Å²) in [5, 5.41) is 15.4. The second-order valence-electron chi connectivity index (χ2n) is 27.3. The molecule has 0 aliphatic carbocycles. The minimum absolute atomic E-state index is 0.0262. The number of benzene rings is 15. The average molecular weight is 1190 g/mol. The minimum atomic E-state index is 0.0262. The molecule has 15 aromatic carbocycles. The summed E-state index contributed by atoms with van der Waals surface area (Å²) in [6.45, 7) is 15.9. The molecule has 0 N–H and O–H groups in total. The lowest BCUT2D eigenvalue weighted by Gasteiger charge is -2.23. The van der Waals surface area contributed by atoms with Gasteiger partial charge in [0.15, 0.2) is 0 Å². The van der Waals surface area contributed by atoms with Gasteiger partial charge in [-0.15, -0.1) is 0 Å². The number of hydrogen-bond acceptors (Lipinski definition) is 0. The van der Waals surface area contributed by atoms with Crippen molar-refractivity contribution in [2.24, 2.45) is 0 Å². The molecule has 17 aromatic rings. The lowest BCUT2D eigenvalue weighted by molar-refractivity contribution is 0.590. The van der Waals surface area contributed by atoms with Crippen LogP contribution in [-0.4, -0.2) is 9.13 Å². The van der Waals surface area contributed by atoms with Crippen molar-refractivity contribution >= 4 is 86.7 Å². The largest absolute Gasteiger partial charge is 0.309 e. The molecule has 0 bridgehead atoms. The Labute approximate surface area is 544 Å². The first kappa shape index (κ1) is 57.1. The Bertz CT molecular complexity index is 5600. The number of para-hydroxylation sites is 4. The summed E-state index contributed by atoms with van der Waals surface area (Å²) in [6.07, 6.45) is 0. The molecule has 0 radical (unpaired) electrons. The van der Waals surface area contributed by atoms with Gasteiger partial charge in [0.1, 0.15) is 0 Å². The predicted molar refractivity (Wildman–Crippen MR) is 401 cm³/mol. The van der Waals surface area contributed by atoms with E-state index in [4.69, 9.17) is 0 Å². The van der Waals surface area contributed by atoms with Gasteiger partial charge in [0.05, 0.1) is 22.1 Å². The zero-order chi connectivity index (χ0) is 63.1. The molecule has 0 saturated heterocycles. The fraction of sp³-hybridized carbons (Fsp3) is 0.0989. The van der Waals surface area contributed by atoms with Gasteiger partial charge in [-0.05, 0) is 182 Å². The summed E-state index contributed by atoms with van der Waals surface area (Å²) >= 11 is 0. The second kappa shape index (κ2) is 22.7. The maximum atomic E-state index is 2.44. The molecule has 0 aliphatic rings. The van der Waals surface area contributed by atoms with Gasteiger partial charge in [-0.1, -0.05) is 302 Å². The molecule has 2 aromatic heterocycles. The molecule has 2 heteroatoms. The number of hydrogen-bond donors (Lipinski definition) is 0. The molecule has 446 valence electrons. The first-order valence-electron chi connectivity index (χ1n) is 32.7. The summed E-state index contributed by atoms with van der Waals surface area (Å²) in [5.74, 6) is 0. The van der Waals surface area contributed by atoms with E-state index in [0.717, 1.165) is 0 Å². The SMILES string of the molecule is CC(C)(C)c1ccc2c(-c3ccc(-n4c5ccccc5c5ccccc54)cc3)c3ccccc3c(-c3ccc(-c4ccccc4)cc3)c2c1.Cc1ccc2c(-c3ccc(-n4c5ccccc5c5ccccc54)cc3)c3ccccc3c(-c3ccc(C(C)(C)C)cc3)c2c1. The van der Waals surface area contributed by atoms with Crippen LogP contribution in [0.5, 0.6) is 0 Å². The van der Waals surface area contributed by atoms with Crippen LogP contribution in [0.4, 0.5) is 0 Å². The molecule has 2 nitrogen and oxygen atoms in total. The molecule has 0 atom stereocenters. The Kier molecular flexibility index (Phi) is 13.9. The molecular weight excluding hydrogens is 1120 g/mol. The van der Waals surface area contributed by atoms with E-state index >= 15 is 0 Å². The van der Waals surface area contributed by atoms with Gasteiger partial charge < -0.3 is 9.13 Å². The number of fused-ring (bicyclic) bond motifs is 10. The van der Waals surface area contributed by atoms with Crippen molar-refractivity contribution in [3.63, 3.8) is 0 Å². The third kappa shape index (κ3) is 9.97. The van der Waals surface area contributed by atoms with E-state index in [-0.39, 0.29) is 10.8 Å². The molecule has 17 rings (SSSR count). The van der Waals surface area contributed by atoms with Crippen molar-refractivity contribution in [2.75, 3.05) is 0 Å². The molecule has 0 unspecified atom stereocenters. The van der Waals surface area contributed by atoms with E-state index in [9.17, 15) is 0 Å². The first-order chi connectivity index (χ1) is 45.3.